The number of rotatable bonds is 2. The number of hydrogen-bond donors (Lipinski definition) is 1. The lowest BCUT2D eigenvalue weighted by atomic mass is 9.71. The summed E-state index contributed by atoms with van der Waals surface area (Å²) < 4.78 is 5.86. The van der Waals surface area contributed by atoms with Gasteiger partial charge in [-0.15, -0.1) is 0 Å². The lowest BCUT2D eigenvalue weighted by molar-refractivity contribution is -0.166. The van der Waals surface area contributed by atoms with Gasteiger partial charge in [0.2, 0.25) is 0 Å². The molecular weight excluding hydrogens is 238 g/mol. The molecule has 2 fully saturated rings. The van der Waals surface area contributed by atoms with Gasteiger partial charge >= 0.3 is 5.97 Å². The second kappa shape index (κ2) is 5.43. The summed E-state index contributed by atoms with van der Waals surface area (Å²) in [4.78, 5) is 12.4. The van der Waals surface area contributed by atoms with E-state index in [1.807, 2.05) is 6.92 Å². The van der Waals surface area contributed by atoms with Crippen LogP contribution in [0.1, 0.15) is 59.8 Å². The highest BCUT2D eigenvalue weighted by atomic mass is 16.5. The van der Waals surface area contributed by atoms with Crippen LogP contribution in [-0.4, -0.2) is 25.2 Å². The van der Waals surface area contributed by atoms with Gasteiger partial charge in [0.25, 0.3) is 0 Å². The molecule has 1 N–H and O–H groups in total. The normalized spacial score (nSPS) is 38.7. The summed E-state index contributed by atoms with van der Waals surface area (Å²) in [7, 11) is 0. The predicted octanol–water partition coefficient (Wildman–Crippen LogP) is 3.13. The highest BCUT2D eigenvalue weighted by molar-refractivity contribution is 5.77. The third-order valence-corrected chi connectivity index (χ3v) is 4.71. The lowest BCUT2D eigenvalue weighted by Gasteiger charge is -2.40. The summed E-state index contributed by atoms with van der Waals surface area (Å²) in [6.07, 6.45) is 5.40. The zero-order chi connectivity index (χ0) is 14.1. The van der Waals surface area contributed by atoms with E-state index in [4.69, 9.17) is 4.74 Å². The first kappa shape index (κ1) is 14.8. The van der Waals surface area contributed by atoms with Gasteiger partial charge < -0.3 is 10.1 Å². The minimum atomic E-state index is -0.316. The summed E-state index contributed by atoms with van der Waals surface area (Å²) in [6, 6.07) is 0. The van der Waals surface area contributed by atoms with Crippen molar-refractivity contribution in [1.29, 1.82) is 0 Å². The molecule has 2 rings (SSSR count). The van der Waals surface area contributed by atoms with Gasteiger partial charge in [0.05, 0.1) is 5.41 Å². The van der Waals surface area contributed by atoms with Crippen LogP contribution in [-0.2, 0) is 9.53 Å². The van der Waals surface area contributed by atoms with Crippen LogP contribution >= 0.6 is 0 Å². The van der Waals surface area contributed by atoms with E-state index in [0.717, 1.165) is 38.8 Å². The van der Waals surface area contributed by atoms with Gasteiger partial charge in [0.15, 0.2) is 0 Å². The standard InChI is InChI=1S/C16H29NO2/c1-12-8-13(10-15(2,3)9-12)19-14(18)16(4)6-5-7-17-11-16/h12-13,17H,5-11H2,1-4H3. The maximum atomic E-state index is 12.4. The van der Waals surface area contributed by atoms with Gasteiger partial charge in [-0.1, -0.05) is 20.8 Å². The van der Waals surface area contributed by atoms with Crippen LogP contribution in [0.15, 0.2) is 0 Å². The van der Waals surface area contributed by atoms with Crippen LogP contribution in [0, 0.1) is 16.7 Å². The molecule has 19 heavy (non-hydrogen) atoms. The molecule has 0 aromatic rings. The van der Waals surface area contributed by atoms with Gasteiger partial charge in [-0.05, 0) is 56.9 Å². The first-order chi connectivity index (χ1) is 8.81. The van der Waals surface area contributed by atoms with Crippen LogP contribution in [0.25, 0.3) is 0 Å². The van der Waals surface area contributed by atoms with Crippen molar-refractivity contribution in [3.8, 4) is 0 Å². The third-order valence-electron chi connectivity index (χ3n) is 4.71. The van der Waals surface area contributed by atoms with Gasteiger partial charge in [0.1, 0.15) is 6.10 Å². The van der Waals surface area contributed by atoms with Crippen LogP contribution in [0.5, 0.6) is 0 Å². The first-order valence-corrected chi connectivity index (χ1v) is 7.73. The molecule has 1 aliphatic heterocycles. The van der Waals surface area contributed by atoms with Gasteiger partial charge in [0, 0.05) is 6.54 Å². The Morgan fingerprint density at radius 2 is 2.00 bits per heavy atom. The zero-order valence-electron chi connectivity index (χ0n) is 12.9. The van der Waals surface area contributed by atoms with Gasteiger partial charge in [-0.25, -0.2) is 0 Å². The van der Waals surface area contributed by atoms with Crippen LogP contribution in [0.4, 0.5) is 0 Å². The molecule has 0 spiro atoms. The fourth-order valence-electron chi connectivity index (χ4n) is 3.87. The summed E-state index contributed by atoms with van der Waals surface area (Å²) in [5.74, 6) is 0.661. The van der Waals surface area contributed by atoms with Crippen molar-refractivity contribution in [2.24, 2.45) is 16.7 Å². The summed E-state index contributed by atoms with van der Waals surface area (Å²) in [6.45, 7) is 10.7. The molecule has 3 atom stereocenters. The van der Waals surface area contributed by atoms with E-state index >= 15 is 0 Å². The summed E-state index contributed by atoms with van der Waals surface area (Å²) in [5.41, 5.74) is -0.0165. The zero-order valence-corrected chi connectivity index (χ0v) is 12.9. The quantitative estimate of drug-likeness (QED) is 0.781. The Bertz CT molecular complexity index is 332. The van der Waals surface area contributed by atoms with E-state index in [9.17, 15) is 4.79 Å². The van der Waals surface area contributed by atoms with Gasteiger partial charge in [-0.2, -0.15) is 0 Å². The van der Waals surface area contributed by atoms with Crippen molar-refractivity contribution < 1.29 is 9.53 Å². The molecule has 110 valence electrons. The second-order valence-electron chi connectivity index (χ2n) is 7.78. The smallest absolute Gasteiger partial charge is 0.313 e. The molecule has 1 heterocycles. The molecule has 1 saturated heterocycles. The Morgan fingerprint density at radius 3 is 2.58 bits per heavy atom. The van der Waals surface area contributed by atoms with E-state index in [2.05, 4.69) is 26.1 Å². The van der Waals surface area contributed by atoms with Gasteiger partial charge in [-0.3, -0.25) is 4.79 Å². The van der Waals surface area contributed by atoms with Crippen molar-refractivity contribution in [2.75, 3.05) is 13.1 Å². The summed E-state index contributed by atoms with van der Waals surface area (Å²) in [5, 5.41) is 3.32. The SMILES string of the molecule is CC1CC(OC(=O)C2(C)CCCNC2)CC(C)(C)C1. The number of carbonyl (C=O) groups is 1. The van der Waals surface area contributed by atoms with Crippen molar-refractivity contribution in [3.63, 3.8) is 0 Å². The molecule has 0 aromatic heterocycles. The summed E-state index contributed by atoms with van der Waals surface area (Å²) >= 11 is 0. The van der Waals surface area contributed by atoms with Crippen molar-refractivity contribution in [2.45, 2.75) is 65.9 Å². The number of nitrogens with one attached hydrogen (secondary N) is 1. The second-order valence-corrected chi connectivity index (χ2v) is 7.78. The molecule has 2 aliphatic rings. The number of ether oxygens (including phenoxy) is 1. The largest absolute Gasteiger partial charge is 0.462 e. The molecule has 1 aliphatic carbocycles. The minimum Gasteiger partial charge on any atom is -0.462 e. The monoisotopic (exact) mass is 267 g/mol. The van der Waals surface area contributed by atoms with Crippen molar-refractivity contribution in [3.05, 3.63) is 0 Å². The highest BCUT2D eigenvalue weighted by Gasteiger charge is 2.40. The average molecular weight is 267 g/mol. The topological polar surface area (TPSA) is 38.3 Å². The van der Waals surface area contributed by atoms with E-state index in [0.29, 0.717) is 11.3 Å². The predicted molar refractivity (Wildman–Crippen MR) is 76.9 cm³/mol. The van der Waals surface area contributed by atoms with Crippen LogP contribution in [0.3, 0.4) is 0 Å². The van der Waals surface area contributed by atoms with E-state index in [1.165, 1.54) is 6.42 Å². The van der Waals surface area contributed by atoms with Crippen molar-refractivity contribution in [1.82, 2.24) is 5.32 Å². The molecule has 0 amide bonds. The lowest BCUT2D eigenvalue weighted by Crippen LogP contribution is -2.46. The molecule has 3 heteroatoms. The Labute approximate surface area is 117 Å². The van der Waals surface area contributed by atoms with Crippen LogP contribution < -0.4 is 5.32 Å². The van der Waals surface area contributed by atoms with E-state index in [-0.39, 0.29) is 17.5 Å². The molecule has 1 saturated carbocycles. The van der Waals surface area contributed by atoms with Crippen LogP contribution in [0.2, 0.25) is 0 Å². The Hall–Kier alpha value is -0.570. The number of carbonyl (C=O) groups excluding carboxylic acids is 1. The van der Waals surface area contributed by atoms with E-state index in [1.54, 1.807) is 0 Å². The molecular formula is C16H29NO2. The maximum absolute atomic E-state index is 12.4. The molecule has 3 unspecified atom stereocenters. The minimum absolute atomic E-state index is 0.00889. The third kappa shape index (κ3) is 3.71. The Morgan fingerprint density at radius 1 is 1.26 bits per heavy atom. The maximum Gasteiger partial charge on any atom is 0.313 e. The molecule has 0 aromatic carbocycles. The fraction of sp³-hybridized carbons (Fsp3) is 0.938. The number of hydrogen-bond acceptors (Lipinski definition) is 3. The molecule has 0 radical (unpaired) electrons. The molecule has 3 nitrogen and oxygen atoms in total. The fourth-order valence-corrected chi connectivity index (χ4v) is 3.87. The van der Waals surface area contributed by atoms with E-state index < -0.39 is 0 Å². The molecule has 0 bridgehead atoms. The number of esters is 1. The Balaban J connectivity index is 1.94. The van der Waals surface area contributed by atoms with Crippen molar-refractivity contribution >= 4 is 5.97 Å². The highest BCUT2D eigenvalue weighted by Crippen LogP contribution is 2.40. The number of piperidine rings is 1. The first-order valence-electron chi connectivity index (χ1n) is 7.73. The average Bonchev–Trinajstić information content (AvgIpc) is 2.26. The Kier molecular flexibility index (Phi) is 4.24.